The first-order valence-electron chi connectivity index (χ1n) is 8.71. The average Bonchev–Trinajstić information content (AvgIpc) is 3.35. The fourth-order valence-corrected chi connectivity index (χ4v) is 4.23. The van der Waals surface area contributed by atoms with E-state index in [4.69, 9.17) is 8.83 Å². The molecule has 0 amide bonds. The molecule has 5 aromatic rings. The van der Waals surface area contributed by atoms with Crippen molar-refractivity contribution in [2.24, 2.45) is 7.05 Å². The van der Waals surface area contributed by atoms with Crippen LogP contribution >= 0.6 is 11.8 Å². The standard InChI is InChI=1S/C21H15N3O3S/c1-24-20(17-7-4-10-26-17)22-23-21(24)28-12-14-11-18(25)27-16-9-8-13-5-2-3-6-15(13)19(14)16/h2-11H,12H2,1H3. The van der Waals surface area contributed by atoms with Crippen LogP contribution in [0.15, 0.2) is 79.6 Å². The summed E-state index contributed by atoms with van der Waals surface area (Å²) in [6, 6.07) is 17.1. The molecule has 0 aliphatic carbocycles. The minimum atomic E-state index is -0.354. The van der Waals surface area contributed by atoms with Gasteiger partial charge < -0.3 is 13.4 Å². The Balaban J connectivity index is 1.56. The molecule has 3 heterocycles. The highest BCUT2D eigenvalue weighted by Crippen LogP contribution is 2.31. The summed E-state index contributed by atoms with van der Waals surface area (Å²) in [5, 5.41) is 12.4. The number of rotatable bonds is 4. The number of fused-ring (bicyclic) bond motifs is 3. The van der Waals surface area contributed by atoms with Gasteiger partial charge >= 0.3 is 5.63 Å². The van der Waals surface area contributed by atoms with Gasteiger partial charge in [-0.1, -0.05) is 42.1 Å². The van der Waals surface area contributed by atoms with Crippen LogP contribution in [0.5, 0.6) is 0 Å². The van der Waals surface area contributed by atoms with Crippen molar-refractivity contribution in [3.8, 4) is 11.6 Å². The zero-order valence-electron chi connectivity index (χ0n) is 15.0. The maximum absolute atomic E-state index is 12.1. The molecular weight excluding hydrogens is 374 g/mol. The van der Waals surface area contributed by atoms with Crippen LogP contribution in [0.1, 0.15) is 5.56 Å². The smallest absolute Gasteiger partial charge is 0.336 e. The normalized spacial score (nSPS) is 11.5. The van der Waals surface area contributed by atoms with Crippen LogP contribution in [0, 0.1) is 0 Å². The predicted octanol–water partition coefficient (Wildman–Crippen LogP) is 4.63. The number of benzene rings is 2. The van der Waals surface area contributed by atoms with Crippen LogP contribution in [-0.2, 0) is 12.8 Å². The topological polar surface area (TPSA) is 74.1 Å². The highest BCUT2D eigenvalue weighted by molar-refractivity contribution is 7.98. The third kappa shape index (κ3) is 2.80. The molecule has 0 spiro atoms. The lowest BCUT2D eigenvalue weighted by Gasteiger charge is -2.08. The Bertz CT molecular complexity index is 1350. The van der Waals surface area contributed by atoms with Crippen LogP contribution in [-0.4, -0.2) is 14.8 Å². The van der Waals surface area contributed by atoms with Crippen molar-refractivity contribution in [1.82, 2.24) is 14.8 Å². The van der Waals surface area contributed by atoms with Crippen LogP contribution < -0.4 is 5.63 Å². The summed E-state index contributed by atoms with van der Waals surface area (Å²) in [7, 11) is 1.90. The summed E-state index contributed by atoms with van der Waals surface area (Å²) in [5.74, 6) is 1.90. The number of hydrogen-bond acceptors (Lipinski definition) is 6. The lowest BCUT2D eigenvalue weighted by Crippen LogP contribution is -2.01. The van der Waals surface area contributed by atoms with Gasteiger partial charge in [-0.05, 0) is 34.5 Å². The third-order valence-electron chi connectivity index (χ3n) is 4.65. The quantitative estimate of drug-likeness (QED) is 0.253. The van der Waals surface area contributed by atoms with E-state index in [1.165, 1.54) is 11.8 Å². The lowest BCUT2D eigenvalue weighted by molar-refractivity contribution is 0.560. The molecule has 0 N–H and O–H groups in total. The van der Waals surface area contributed by atoms with E-state index in [-0.39, 0.29) is 5.63 Å². The zero-order chi connectivity index (χ0) is 19.1. The Hall–Kier alpha value is -3.32. The van der Waals surface area contributed by atoms with E-state index in [9.17, 15) is 4.79 Å². The first kappa shape index (κ1) is 16.8. The van der Waals surface area contributed by atoms with Gasteiger partial charge in [-0.15, -0.1) is 10.2 Å². The fraction of sp³-hybridized carbons (Fsp3) is 0.0952. The maximum atomic E-state index is 12.1. The van der Waals surface area contributed by atoms with Crippen molar-refractivity contribution < 1.29 is 8.83 Å². The Kier molecular flexibility index (Phi) is 4.02. The van der Waals surface area contributed by atoms with Crippen LogP contribution in [0.2, 0.25) is 0 Å². The minimum Gasteiger partial charge on any atom is -0.461 e. The highest BCUT2D eigenvalue weighted by Gasteiger charge is 2.15. The van der Waals surface area contributed by atoms with Crippen LogP contribution in [0.4, 0.5) is 0 Å². The second-order valence-corrected chi connectivity index (χ2v) is 7.32. The Morgan fingerprint density at radius 3 is 2.82 bits per heavy atom. The van der Waals surface area contributed by atoms with E-state index in [0.29, 0.717) is 22.9 Å². The van der Waals surface area contributed by atoms with Crippen molar-refractivity contribution in [2.75, 3.05) is 0 Å². The van der Waals surface area contributed by atoms with Gasteiger partial charge in [-0.25, -0.2) is 4.79 Å². The van der Waals surface area contributed by atoms with E-state index in [1.54, 1.807) is 12.3 Å². The molecule has 2 aromatic carbocycles. The second-order valence-electron chi connectivity index (χ2n) is 6.38. The molecule has 28 heavy (non-hydrogen) atoms. The van der Waals surface area contributed by atoms with Gasteiger partial charge in [0, 0.05) is 24.3 Å². The molecule has 0 aliphatic heterocycles. The average molecular weight is 389 g/mol. The van der Waals surface area contributed by atoms with E-state index >= 15 is 0 Å². The zero-order valence-corrected chi connectivity index (χ0v) is 15.8. The monoisotopic (exact) mass is 389 g/mol. The molecular formula is C21H15N3O3S. The summed E-state index contributed by atoms with van der Waals surface area (Å²) < 4.78 is 12.7. The molecule has 3 aromatic heterocycles. The van der Waals surface area contributed by atoms with Gasteiger partial charge in [0.25, 0.3) is 0 Å². The number of thioether (sulfide) groups is 1. The van der Waals surface area contributed by atoms with Crippen molar-refractivity contribution in [1.29, 1.82) is 0 Å². The van der Waals surface area contributed by atoms with Gasteiger partial charge in [0.05, 0.1) is 6.26 Å². The van der Waals surface area contributed by atoms with Gasteiger partial charge in [0.2, 0.25) is 0 Å². The summed E-state index contributed by atoms with van der Waals surface area (Å²) in [4.78, 5) is 12.1. The van der Waals surface area contributed by atoms with E-state index in [1.807, 2.05) is 54.1 Å². The predicted molar refractivity (Wildman–Crippen MR) is 108 cm³/mol. The largest absolute Gasteiger partial charge is 0.461 e. The Labute approximate surface area is 163 Å². The molecule has 0 fully saturated rings. The lowest BCUT2D eigenvalue weighted by atomic mass is 10.0. The molecule has 7 heteroatoms. The van der Waals surface area contributed by atoms with Gasteiger partial charge in [-0.2, -0.15) is 0 Å². The van der Waals surface area contributed by atoms with Gasteiger partial charge in [-0.3, -0.25) is 0 Å². The van der Waals surface area contributed by atoms with Crippen molar-refractivity contribution in [3.63, 3.8) is 0 Å². The molecule has 0 atom stereocenters. The van der Waals surface area contributed by atoms with Crippen LogP contribution in [0.25, 0.3) is 33.3 Å². The number of hydrogen-bond donors (Lipinski definition) is 0. The number of furan rings is 1. The number of aromatic nitrogens is 3. The summed E-state index contributed by atoms with van der Waals surface area (Å²) in [6.45, 7) is 0. The highest BCUT2D eigenvalue weighted by atomic mass is 32.2. The fourth-order valence-electron chi connectivity index (χ4n) is 3.34. The molecule has 0 bridgehead atoms. The SMILES string of the molecule is Cn1c(SCc2cc(=O)oc3ccc4ccccc4c23)nnc1-c1ccco1. The Morgan fingerprint density at radius 2 is 1.96 bits per heavy atom. The Morgan fingerprint density at radius 1 is 1.07 bits per heavy atom. The molecule has 0 aliphatic rings. The van der Waals surface area contributed by atoms with Gasteiger partial charge in [0.1, 0.15) is 5.58 Å². The third-order valence-corrected chi connectivity index (χ3v) is 5.72. The minimum absolute atomic E-state index is 0.354. The van der Waals surface area contributed by atoms with Crippen molar-refractivity contribution in [2.45, 2.75) is 10.9 Å². The molecule has 0 saturated carbocycles. The first-order chi connectivity index (χ1) is 13.7. The van der Waals surface area contributed by atoms with Crippen molar-refractivity contribution >= 4 is 33.5 Å². The summed E-state index contributed by atoms with van der Waals surface area (Å²) >= 11 is 1.52. The van der Waals surface area contributed by atoms with E-state index < -0.39 is 0 Å². The first-order valence-corrected chi connectivity index (χ1v) is 9.70. The molecule has 0 radical (unpaired) electrons. The molecule has 138 valence electrons. The summed E-state index contributed by atoms with van der Waals surface area (Å²) in [5.41, 5.74) is 1.15. The van der Waals surface area contributed by atoms with E-state index in [2.05, 4.69) is 16.3 Å². The molecule has 5 rings (SSSR count). The van der Waals surface area contributed by atoms with Gasteiger partial charge in [0.15, 0.2) is 16.7 Å². The molecule has 0 unspecified atom stereocenters. The number of nitrogens with zero attached hydrogens (tertiary/aromatic N) is 3. The molecule has 0 saturated heterocycles. The maximum Gasteiger partial charge on any atom is 0.336 e. The van der Waals surface area contributed by atoms with E-state index in [0.717, 1.165) is 26.9 Å². The van der Waals surface area contributed by atoms with Crippen molar-refractivity contribution in [3.05, 3.63) is 76.8 Å². The second kappa shape index (κ2) is 6.69. The summed E-state index contributed by atoms with van der Waals surface area (Å²) in [6.07, 6.45) is 1.61. The van der Waals surface area contributed by atoms with Crippen LogP contribution in [0.3, 0.4) is 0 Å². The molecule has 6 nitrogen and oxygen atoms in total.